The van der Waals surface area contributed by atoms with Gasteiger partial charge in [0.05, 0.1) is 5.60 Å². The minimum Gasteiger partial charge on any atom is -0.385 e. The molecule has 0 amide bonds. The van der Waals surface area contributed by atoms with Crippen molar-refractivity contribution in [3.63, 3.8) is 0 Å². The maximum absolute atomic E-state index is 10.3. The molecule has 2 rings (SSSR count). The Bertz CT molecular complexity index is 508. The van der Waals surface area contributed by atoms with Crippen LogP contribution in [0, 0.1) is 0 Å². The normalized spacial score (nSPS) is 14.1. The molecule has 100 valence electrons. The van der Waals surface area contributed by atoms with Crippen LogP contribution in [-0.2, 0) is 5.60 Å². The fourth-order valence-corrected chi connectivity index (χ4v) is 2.77. The van der Waals surface area contributed by atoms with Crippen molar-refractivity contribution in [1.29, 1.82) is 0 Å². The molecule has 2 nitrogen and oxygen atoms in total. The summed E-state index contributed by atoms with van der Waals surface area (Å²) in [6.45, 7) is 2.28. The molecule has 1 atom stereocenters. The van der Waals surface area contributed by atoms with Gasteiger partial charge in [-0.05, 0) is 49.7 Å². The van der Waals surface area contributed by atoms with Crippen LogP contribution in [0.5, 0.6) is 0 Å². The summed E-state index contributed by atoms with van der Waals surface area (Å²) in [6, 6.07) is 18.3. The Hall–Kier alpha value is -1.29. The molecule has 2 aromatic carbocycles. The fourth-order valence-electron chi connectivity index (χ4n) is 1.93. The number of nitrogens with two attached hydrogens (primary N) is 1. The number of hydrogen-bond acceptors (Lipinski definition) is 3. The lowest BCUT2D eigenvalue weighted by Gasteiger charge is -2.23. The van der Waals surface area contributed by atoms with E-state index in [4.69, 9.17) is 5.73 Å². The molecular formula is C16H19NOS. The monoisotopic (exact) mass is 273 g/mol. The van der Waals surface area contributed by atoms with E-state index < -0.39 is 5.60 Å². The lowest BCUT2D eigenvalue weighted by Crippen LogP contribution is -2.24. The van der Waals surface area contributed by atoms with Gasteiger partial charge in [-0.1, -0.05) is 42.1 Å². The average molecular weight is 273 g/mol. The smallest absolute Gasteiger partial charge is 0.0880 e. The van der Waals surface area contributed by atoms with E-state index in [1.54, 1.807) is 18.7 Å². The van der Waals surface area contributed by atoms with Gasteiger partial charge in [0.1, 0.15) is 0 Å². The van der Waals surface area contributed by atoms with Crippen molar-refractivity contribution in [1.82, 2.24) is 0 Å². The van der Waals surface area contributed by atoms with Gasteiger partial charge in [-0.2, -0.15) is 0 Å². The highest BCUT2D eigenvalue weighted by Gasteiger charge is 2.21. The third-order valence-electron chi connectivity index (χ3n) is 3.09. The van der Waals surface area contributed by atoms with Gasteiger partial charge in [-0.3, -0.25) is 0 Å². The van der Waals surface area contributed by atoms with Gasteiger partial charge in [0.15, 0.2) is 0 Å². The standard InChI is InChI=1S/C16H19NOS/c1-16(18,11-12-17)13-7-9-15(10-8-13)19-14-5-3-2-4-6-14/h2-10,18H,11-12,17H2,1H3. The van der Waals surface area contributed by atoms with Gasteiger partial charge < -0.3 is 10.8 Å². The van der Waals surface area contributed by atoms with Crippen LogP contribution >= 0.6 is 11.8 Å². The van der Waals surface area contributed by atoms with Crippen LogP contribution in [0.1, 0.15) is 18.9 Å². The molecule has 0 saturated heterocycles. The van der Waals surface area contributed by atoms with Crippen molar-refractivity contribution >= 4 is 11.8 Å². The van der Waals surface area contributed by atoms with Crippen molar-refractivity contribution in [2.24, 2.45) is 5.73 Å². The zero-order valence-electron chi connectivity index (χ0n) is 11.0. The number of aliphatic hydroxyl groups is 1. The maximum Gasteiger partial charge on any atom is 0.0880 e. The molecule has 0 saturated carbocycles. The molecule has 19 heavy (non-hydrogen) atoms. The largest absolute Gasteiger partial charge is 0.385 e. The molecule has 0 aromatic heterocycles. The van der Waals surface area contributed by atoms with Crippen molar-refractivity contribution in [2.75, 3.05) is 6.54 Å². The highest BCUT2D eigenvalue weighted by Crippen LogP contribution is 2.30. The van der Waals surface area contributed by atoms with E-state index in [-0.39, 0.29) is 0 Å². The predicted octanol–water partition coefficient (Wildman–Crippen LogP) is 3.39. The Kier molecular flexibility index (Phi) is 4.64. The second-order valence-electron chi connectivity index (χ2n) is 4.75. The quantitative estimate of drug-likeness (QED) is 0.877. The zero-order chi connectivity index (χ0) is 13.7. The number of benzene rings is 2. The van der Waals surface area contributed by atoms with Gasteiger partial charge in [-0.15, -0.1) is 0 Å². The van der Waals surface area contributed by atoms with Gasteiger partial charge in [0, 0.05) is 9.79 Å². The second kappa shape index (κ2) is 6.24. The van der Waals surface area contributed by atoms with Crippen molar-refractivity contribution in [3.8, 4) is 0 Å². The molecule has 3 N–H and O–H groups in total. The molecule has 0 bridgehead atoms. The molecule has 0 fully saturated rings. The molecule has 2 aromatic rings. The molecule has 0 aliphatic heterocycles. The summed E-state index contributed by atoms with van der Waals surface area (Å²) in [7, 11) is 0. The van der Waals surface area contributed by atoms with Crippen LogP contribution in [0.15, 0.2) is 64.4 Å². The van der Waals surface area contributed by atoms with E-state index >= 15 is 0 Å². The third-order valence-corrected chi connectivity index (χ3v) is 4.10. The average Bonchev–Trinajstić information content (AvgIpc) is 2.40. The first-order valence-electron chi connectivity index (χ1n) is 6.38. The highest BCUT2D eigenvalue weighted by molar-refractivity contribution is 7.99. The molecule has 3 heteroatoms. The molecule has 1 unspecified atom stereocenters. The third kappa shape index (κ3) is 3.83. The fraction of sp³-hybridized carbons (Fsp3) is 0.250. The first-order chi connectivity index (χ1) is 9.12. The summed E-state index contributed by atoms with van der Waals surface area (Å²) in [5, 5.41) is 10.3. The minimum absolute atomic E-state index is 0.480. The van der Waals surface area contributed by atoms with Crippen LogP contribution in [0.25, 0.3) is 0 Å². The molecule has 0 heterocycles. The first-order valence-corrected chi connectivity index (χ1v) is 7.19. The summed E-state index contributed by atoms with van der Waals surface area (Å²) in [5.41, 5.74) is 5.59. The van der Waals surface area contributed by atoms with Gasteiger partial charge >= 0.3 is 0 Å². The van der Waals surface area contributed by atoms with Gasteiger partial charge in [0.2, 0.25) is 0 Å². The van der Waals surface area contributed by atoms with Crippen LogP contribution in [-0.4, -0.2) is 11.7 Å². The molecule has 0 spiro atoms. The molecule has 0 radical (unpaired) electrons. The first kappa shape index (κ1) is 14.1. The number of rotatable bonds is 5. The SMILES string of the molecule is CC(O)(CCN)c1ccc(Sc2ccccc2)cc1. The Morgan fingerprint density at radius 1 is 1.00 bits per heavy atom. The second-order valence-corrected chi connectivity index (χ2v) is 5.90. The summed E-state index contributed by atoms with van der Waals surface area (Å²) in [5.74, 6) is 0. The predicted molar refractivity (Wildman–Crippen MR) is 80.2 cm³/mol. The number of hydrogen-bond donors (Lipinski definition) is 2. The van der Waals surface area contributed by atoms with E-state index in [0.29, 0.717) is 13.0 Å². The Labute approximate surface area is 118 Å². The molecular weight excluding hydrogens is 254 g/mol. The summed E-state index contributed by atoms with van der Waals surface area (Å²) in [4.78, 5) is 2.38. The summed E-state index contributed by atoms with van der Waals surface area (Å²) < 4.78 is 0. The van der Waals surface area contributed by atoms with Crippen LogP contribution < -0.4 is 5.73 Å². The van der Waals surface area contributed by atoms with Crippen molar-refractivity contribution < 1.29 is 5.11 Å². The summed E-state index contributed by atoms with van der Waals surface area (Å²) in [6.07, 6.45) is 0.568. The van der Waals surface area contributed by atoms with Gasteiger partial charge in [-0.25, -0.2) is 0 Å². The topological polar surface area (TPSA) is 46.2 Å². The zero-order valence-corrected chi connectivity index (χ0v) is 11.9. The lowest BCUT2D eigenvalue weighted by atomic mass is 9.93. The van der Waals surface area contributed by atoms with Crippen molar-refractivity contribution in [2.45, 2.75) is 28.7 Å². The van der Waals surface area contributed by atoms with E-state index in [1.165, 1.54) is 9.79 Å². The molecule has 0 aliphatic carbocycles. The Morgan fingerprint density at radius 3 is 2.16 bits per heavy atom. The Balaban J connectivity index is 2.11. The van der Waals surface area contributed by atoms with Crippen LogP contribution in [0.4, 0.5) is 0 Å². The Morgan fingerprint density at radius 2 is 1.58 bits per heavy atom. The van der Waals surface area contributed by atoms with Gasteiger partial charge in [0.25, 0.3) is 0 Å². The lowest BCUT2D eigenvalue weighted by molar-refractivity contribution is 0.0504. The van der Waals surface area contributed by atoms with Crippen LogP contribution in [0.3, 0.4) is 0 Å². The van der Waals surface area contributed by atoms with Crippen molar-refractivity contribution in [3.05, 3.63) is 60.2 Å². The van der Waals surface area contributed by atoms with Crippen LogP contribution in [0.2, 0.25) is 0 Å². The maximum atomic E-state index is 10.3. The molecule has 0 aliphatic rings. The van der Waals surface area contributed by atoms with E-state index in [2.05, 4.69) is 12.1 Å². The van der Waals surface area contributed by atoms with E-state index in [1.807, 2.05) is 42.5 Å². The minimum atomic E-state index is -0.843. The summed E-state index contributed by atoms with van der Waals surface area (Å²) >= 11 is 1.71. The highest BCUT2D eigenvalue weighted by atomic mass is 32.2. The van der Waals surface area contributed by atoms with E-state index in [0.717, 1.165) is 5.56 Å². The van der Waals surface area contributed by atoms with E-state index in [9.17, 15) is 5.11 Å².